The van der Waals surface area contributed by atoms with Crippen molar-refractivity contribution in [2.45, 2.75) is 0 Å². The first-order chi connectivity index (χ1) is 9.63. The smallest absolute Gasteiger partial charge is 0.457 e. The summed E-state index contributed by atoms with van der Waals surface area (Å²) < 4.78 is 5.63. The first kappa shape index (κ1) is 13.9. The minimum absolute atomic E-state index is 0.368. The zero-order chi connectivity index (χ0) is 14.5. The monoisotopic (exact) mass is 265 g/mol. The van der Waals surface area contributed by atoms with Crippen LogP contribution in [0.4, 0.5) is 0 Å². The molecule has 0 aliphatic carbocycles. The number of rotatable bonds is 4. The van der Waals surface area contributed by atoms with E-state index in [0.717, 1.165) is 0 Å². The van der Waals surface area contributed by atoms with Gasteiger partial charge in [-0.1, -0.05) is 18.7 Å². The molecule has 2 aromatic rings. The second-order valence-electron chi connectivity index (χ2n) is 4.11. The molecule has 98 valence electrons. The van der Waals surface area contributed by atoms with Crippen LogP contribution in [-0.2, 0) is 0 Å². The van der Waals surface area contributed by atoms with Crippen LogP contribution in [-0.4, -0.2) is 17.2 Å². The summed E-state index contributed by atoms with van der Waals surface area (Å²) in [5, 5.41) is 27.1. The van der Waals surface area contributed by atoms with Crippen molar-refractivity contribution in [3.63, 3.8) is 0 Å². The Balaban J connectivity index is 2.25. The summed E-state index contributed by atoms with van der Waals surface area (Å²) in [5.74, 6) is 1.14. The lowest BCUT2D eigenvalue weighted by Gasteiger charge is -2.09. The lowest BCUT2D eigenvalue weighted by molar-refractivity contribution is 0.425. The van der Waals surface area contributed by atoms with Crippen molar-refractivity contribution >= 4 is 18.7 Å². The number of benzene rings is 2. The van der Waals surface area contributed by atoms with E-state index in [4.69, 9.17) is 10.00 Å². The Labute approximate surface area is 117 Å². The van der Waals surface area contributed by atoms with Gasteiger partial charge in [0, 0.05) is 0 Å². The van der Waals surface area contributed by atoms with Gasteiger partial charge >= 0.3 is 7.12 Å². The second-order valence-corrected chi connectivity index (χ2v) is 4.11. The summed E-state index contributed by atoms with van der Waals surface area (Å²) in [5.41, 5.74) is 1.52. The topological polar surface area (TPSA) is 73.5 Å². The van der Waals surface area contributed by atoms with Crippen molar-refractivity contribution in [3.05, 3.63) is 60.2 Å². The van der Waals surface area contributed by atoms with Crippen LogP contribution in [0.1, 0.15) is 11.1 Å². The summed E-state index contributed by atoms with van der Waals surface area (Å²) in [6, 6.07) is 13.6. The molecule has 0 aromatic heterocycles. The Hall–Kier alpha value is -2.55. The first-order valence-corrected chi connectivity index (χ1v) is 5.94. The fourth-order valence-corrected chi connectivity index (χ4v) is 1.76. The summed E-state index contributed by atoms with van der Waals surface area (Å²) in [7, 11) is -1.55. The Morgan fingerprint density at radius 2 is 1.75 bits per heavy atom. The molecule has 0 radical (unpaired) electrons. The van der Waals surface area contributed by atoms with E-state index in [-0.39, 0.29) is 0 Å². The van der Waals surface area contributed by atoms with E-state index in [2.05, 4.69) is 6.58 Å². The summed E-state index contributed by atoms with van der Waals surface area (Å²) >= 11 is 0. The van der Waals surface area contributed by atoms with E-state index >= 15 is 0 Å². The van der Waals surface area contributed by atoms with Gasteiger partial charge in [0.2, 0.25) is 0 Å². The van der Waals surface area contributed by atoms with Crippen molar-refractivity contribution in [1.29, 1.82) is 5.26 Å². The molecule has 0 aliphatic rings. The van der Waals surface area contributed by atoms with Gasteiger partial charge in [-0.15, -0.1) is 0 Å². The lowest BCUT2D eigenvalue weighted by Crippen LogP contribution is -2.31. The van der Waals surface area contributed by atoms with Gasteiger partial charge in [-0.05, 0) is 47.4 Å². The minimum Gasteiger partial charge on any atom is -0.457 e. The van der Waals surface area contributed by atoms with Crippen LogP contribution < -0.4 is 10.2 Å². The van der Waals surface area contributed by atoms with Gasteiger partial charge in [0.05, 0.1) is 11.6 Å². The van der Waals surface area contributed by atoms with Crippen molar-refractivity contribution in [3.8, 4) is 17.6 Å². The maximum absolute atomic E-state index is 9.21. The molecule has 2 aromatic carbocycles. The third kappa shape index (κ3) is 3.07. The number of nitrogens with zero attached hydrogens (tertiary/aromatic N) is 1. The molecule has 5 heteroatoms. The number of nitriles is 1. The van der Waals surface area contributed by atoms with Crippen molar-refractivity contribution < 1.29 is 14.8 Å². The van der Waals surface area contributed by atoms with Gasteiger partial charge in [-0.3, -0.25) is 0 Å². The molecular weight excluding hydrogens is 253 g/mol. The van der Waals surface area contributed by atoms with Gasteiger partial charge < -0.3 is 14.8 Å². The molecule has 2 rings (SSSR count). The van der Waals surface area contributed by atoms with Crippen molar-refractivity contribution in [2.75, 3.05) is 0 Å². The first-order valence-electron chi connectivity index (χ1n) is 5.94. The molecule has 0 bridgehead atoms. The van der Waals surface area contributed by atoms with E-state index in [9.17, 15) is 10.0 Å². The second kappa shape index (κ2) is 6.07. The zero-order valence-corrected chi connectivity index (χ0v) is 10.7. The molecule has 20 heavy (non-hydrogen) atoms. The molecule has 0 aliphatic heterocycles. The highest BCUT2D eigenvalue weighted by Gasteiger charge is 2.15. The number of hydrogen-bond donors (Lipinski definition) is 2. The van der Waals surface area contributed by atoms with Crippen LogP contribution in [0.3, 0.4) is 0 Å². The Bertz CT molecular complexity index is 660. The number of hydrogen-bond acceptors (Lipinski definition) is 4. The lowest BCUT2D eigenvalue weighted by atomic mass is 9.77. The molecule has 0 atom stereocenters. The molecule has 0 heterocycles. The van der Waals surface area contributed by atoms with E-state index in [1.165, 1.54) is 6.08 Å². The average molecular weight is 265 g/mol. The molecule has 0 saturated carbocycles. The van der Waals surface area contributed by atoms with E-state index < -0.39 is 7.12 Å². The van der Waals surface area contributed by atoms with Gasteiger partial charge in [-0.2, -0.15) is 5.26 Å². The SMILES string of the molecule is C=Cc1cc(Oc2ccc(C#N)cc2)ccc1B(O)O. The molecule has 0 spiro atoms. The molecule has 0 amide bonds. The highest BCUT2D eigenvalue weighted by Crippen LogP contribution is 2.22. The standard InChI is InChI=1S/C15H12BNO3/c1-2-12-9-14(7-8-15(12)16(18)19)20-13-5-3-11(10-17)4-6-13/h2-9,18-19H,1H2. The predicted molar refractivity (Wildman–Crippen MR) is 77.6 cm³/mol. The third-order valence-corrected chi connectivity index (χ3v) is 2.78. The zero-order valence-electron chi connectivity index (χ0n) is 10.7. The predicted octanol–water partition coefficient (Wildman–Crippen LogP) is 1.67. The van der Waals surface area contributed by atoms with Gasteiger partial charge in [0.1, 0.15) is 11.5 Å². The van der Waals surface area contributed by atoms with Crippen LogP contribution >= 0.6 is 0 Å². The van der Waals surface area contributed by atoms with E-state index in [1.54, 1.807) is 42.5 Å². The highest BCUT2D eigenvalue weighted by atomic mass is 16.5. The van der Waals surface area contributed by atoms with Gasteiger partial charge in [0.15, 0.2) is 0 Å². The fourth-order valence-electron chi connectivity index (χ4n) is 1.76. The quantitative estimate of drug-likeness (QED) is 0.825. The Kier molecular flexibility index (Phi) is 4.21. The molecule has 0 saturated heterocycles. The Morgan fingerprint density at radius 1 is 1.10 bits per heavy atom. The highest BCUT2D eigenvalue weighted by molar-refractivity contribution is 6.59. The van der Waals surface area contributed by atoms with Crippen molar-refractivity contribution in [2.24, 2.45) is 0 Å². The average Bonchev–Trinajstić information content (AvgIpc) is 2.47. The molecule has 4 nitrogen and oxygen atoms in total. The maximum Gasteiger partial charge on any atom is 0.489 e. The van der Waals surface area contributed by atoms with Crippen LogP contribution in [0.2, 0.25) is 0 Å². The van der Waals surface area contributed by atoms with Crippen LogP contribution in [0.15, 0.2) is 49.0 Å². The Morgan fingerprint density at radius 3 is 2.30 bits per heavy atom. The van der Waals surface area contributed by atoms with Gasteiger partial charge in [-0.25, -0.2) is 0 Å². The minimum atomic E-state index is -1.55. The summed E-state index contributed by atoms with van der Waals surface area (Å²) in [6.45, 7) is 3.63. The van der Waals surface area contributed by atoms with Crippen LogP contribution in [0.5, 0.6) is 11.5 Å². The summed E-state index contributed by atoms with van der Waals surface area (Å²) in [6.07, 6.45) is 1.53. The van der Waals surface area contributed by atoms with Crippen LogP contribution in [0.25, 0.3) is 6.08 Å². The molecule has 2 N–H and O–H groups in total. The fraction of sp³-hybridized carbons (Fsp3) is 0. The van der Waals surface area contributed by atoms with Crippen LogP contribution in [0, 0.1) is 11.3 Å². The largest absolute Gasteiger partial charge is 0.489 e. The molecule has 0 fully saturated rings. The van der Waals surface area contributed by atoms with Gasteiger partial charge in [0.25, 0.3) is 0 Å². The third-order valence-electron chi connectivity index (χ3n) is 2.78. The van der Waals surface area contributed by atoms with Crippen molar-refractivity contribution in [1.82, 2.24) is 0 Å². The molecule has 0 unspecified atom stereocenters. The summed E-state index contributed by atoms with van der Waals surface area (Å²) in [4.78, 5) is 0. The molecular formula is C15H12BNO3. The number of ether oxygens (including phenoxy) is 1. The maximum atomic E-state index is 9.21. The van der Waals surface area contributed by atoms with E-state index in [1.807, 2.05) is 6.07 Å². The van der Waals surface area contributed by atoms with E-state index in [0.29, 0.717) is 28.1 Å². The normalized spacial score (nSPS) is 9.65.